The third kappa shape index (κ3) is 6.02. The number of carboxylic acid groups (broad SMARTS) is 1. The molecule has 148 valence electrons. The summed E-state index contributed by atoms with van der Waals surface area (Å²) in [5, 5.41) is 24.7. The number of aliphatic carboxylic acids is 1. The third-order valence-corrected chi connectivity index (χ3v) is 4.17. The molecular weight excluding hydrogens is 362 g/mol. The number of carboxylic acids is 1. The largest absolute Gasteiger partial charge is 0.480 e. The maximum atomic E-state index is 12.3. The predicted molar refractivity (Wildman–Crippen MR) is 104 cm³/mol. The fourth-order valence-electron chi connectivity index (χ4n) is 2.72. The van der Waals surface area contributed by atoms with Crippen LogP contribution in [0.2, 0.25) is 0 Å². The van der Waals surface area contributed by atoms with Crippen molar-refractivity contribution in [2.45, 2.75) is 25.3 Å². The summed E-state index contributed by atoms with van der Waals surface area (Å²) in [6.07, 6.45) is 7.03. The number of likely N-dealkylation sites (tertiary alicyclic amines) is 1. The van der Waals surface area contributed by atoms with Gasteiger partial charge in [0.2, 0.25) is 5.91 Å². The Labute approximate surface area is 163 Å². The molecule has 5 N–H and O–H groups in total. The van der Waals surface area contributed by atoms with Crippen molar-refractivity contribution < 1.29 is 19.5 Å². The second kappa shape index (κ2) is 9.97. The first-order valence-corrected chi connectivity index (χ1v) is 8.85. The Morgan fingerprint density at radius 3 is 2.64 bits per heavy atom. The minimum Gasteiger partial charge on any atom is -0.480 e. The van der Waals surface area contributed by atoms with Gasteiger partial charge < -0.3 is 26.0 Å². The number of carbonyl (C=O) groups excluding carboxylic acids is 2. The lowest BCUT2D eigenvalue weighted by atomic mass is 10.2. The van der Waals surface area contributed by atoms with E-state index in [-0.39, 0.29) is 18.9 Å². The number of guanidine groups is 1. The van der Waals surface area contributed by atoms with Crippen LogP contribution in [0.3, 0.4) is 0 Å². The lowest BCUT2D eigenvalue weighted by Gasteiger charge is -2.19. The molecular formula is C19H23N5O4. The Morgan fingerprint density at radius 2 is 2.00 bits per heavy atom. The molecule has 1 aromatic rings. The van der Waals surface area contributed by atoms with Crippen molar-refractivity contribution in [1.82, 2.24) is 15.5 Å². The van der Waals surface area contributed by atoms with Crippen molar-refractivity contribution in [3.8, 4) is 12.3 Å². The molecule has 2 amide bonds. The van der Waals surface area contributed by atoms with Gasteiger partial charge in [0.05, 0.1) is 6.54 Å². The van der Waals surface area contributed by atoms with Gasteiger partial charge >= 0.3 is 5.97 Å². The number of benzene rings is 1. The molecule has 1 aliphatic rings. The van der Waals surface area contributed by atoms with E-state index in [1.165, 1.54) is 0 Å². The van der Waals surface area contributed by atoms with Gasteiger partial charge in [-0.1, -0.05) is 6.07 Å². The summed E-state index contributed by atoms with van der Waals surface area (Å²) in [6, 6.07) is 5.37. The van der Waals surface area contributed by atoms with E-state index in [2.05, 4.69) is 21.9 Å². The molecule has 1 atom stereocenters. The number of anilines is 1. The first kappa shape index (κ1) is 20.8. The van der Waals surface area contributed by atoms with Crippen LogP contribution < -0.4 is 16.0 Å². The molecule has 0 saturated carbocycles. The van der Waals surface area contributed by atoms with Gasteiger partial charge in [0.1, 0.15) is 6.04 Å². The number of rotatable bonds is 7. The first-order chi connectivity index (χ1) is 13.4. The fourth-order valence-corrected chi connectivity index (χ4v) is 2.72. The average molecular weight is 385 g/mol. The third-order valence-electron chi connectivity index (χ3n) is 4.17. The normalized spacial score (nSPS) is 13.9. The van der Waals surface area contributed by atoms with Crippen molar-refractivity contribution in [1.29, 1.82) is 5.41 Å². The molecule has 1 fully saturated rings. The van der Waals surface area contributed by atoms with E-state index in [9.17, 15) is 14.4 Å². The number of nitrogens with one attached hydrogen (secondary N) is 4. The van der Waals surface area contributed by atoms with E-state index in [1.54, 1.807) is 24.3 Å². The zero-order chi connectivity index (χ0) is 20.5. The maximum Gasteiger partial charge on any atom is 0.327 e. The van der Waals surface area contributed by atoms with Gasteiger partial charge in [-0.05, 0) is 31.0 Å². The zero-order valence-corrected chi connectivity index (χ0v) is 15.3. The predicted octanol–water partition coefficient (Wildman–Crippen LogP) is 0.452. The molecule has 2 rings (SSSR count). The van der Waals surface area contributed by atoms with Gasteiger partial charge in [-0.3, -0.25) is 15.0 Å². The zero-order valence-electron chi connectivity index (χ0n) is 15.3. The summed E-state index contributed by atoms with van der Waals surface area (Å²) in [5.41, 5.74) is 0.902. The fraction of sp³-hybridized carbons (Fsp3) is 0.368. The van der Waals surface area contributed by atoms with E-state index in [1.807, 2.05) is 4.90 Å². The molecule has 1 saturated heterocycles. The summed E-state index contributed by atoms with van der Waals surface area (Å²) in [4.78, 5) is 37.0. The van der Waals surface area contributed by atoms with E-state index < -0.39 is 23.8 Å². The van der Waals surface area contributed by atoms with E-state index in [0.717, 1.165) is 25.9 Å². The van der Waals surface area contributed by atoms with Gasteiger partial charge in [0.15, 0.2) is 5.96 Å². The lowest BCUT2D eigenvalue weighted by molar-refractivity contribution is -0.141. The minimum absolute atomic E-state index is 0.147. The monoisotopic (exact) mass is 385 g/mol. The molecule has 28 heavy (non-hydrogen) atoms. The molecule has 9 nitrogen and oxygen atoms in total. The van der Waals surface area contributed by atoms with Gasteiger partial charge in [-0.2, -0.15) is 0 Å². The Hall–Kier alpha value is -3.54. The Balaban J connectivity index is 1.88. The smallest absolute Gasteiger partial charge is 0.327 e. The number of hydrogen-bond donors (Lipinski definition) is 5. The maximum absolute atomic E-state index is 12.3. The highest BCUT2D eigenvalue weighted by molar-refractivity contribution is 5.99. The van der Waals surface area contributed by atoms with Crippen LogP contribution in [0.15, 0.2) is 24.3 Å². The molecule has 0 spiro atoms. The molecule has 0 bridgehead atoms. The van der Waals surface area contributed by atoms with Crippen molar-refractivity contribution in [2.24, 2.45) is 0 Å². The summed E-state index contributed by atoms with van der Waals surface area (Å²) in [7, 11) is 0. The van der Waals surface area contributed by atoms with E-state index in [4.69, 9.17) is 16.9 Å². The van der Waals surface area contributed by atoms with Crippen LogP contribution in [0.5, 0.6) is 0 Å². The Morgan fingerprint density at radius 1 is 1.29 bits per heavy atom. The molecule has 9 heteroatoms. The highest BCUT2D eigenvalue weighted by Gasteiger charge is 2.19. The molecule has 0 unspecified atom stereocenters. The van der Waals surface area contributed by atoms with Gasteiger partial charge in [-0.25, -0.2) is 4.79 Å². The molecule has 0 radical (unpaired) electrons. The minimum atomic E-state index is -1.24. The van der Waals surface area contributed by atoms with Gasteiger partial charge in [0.25, 0.3) is 5.91 Å². The number of amides is 2. The standard InChI is InChI=1S/C19H23N5O4/c1-2-6-15(18(27)28)23-16(25)12-21-17(26)13-7-5-8-14(11-13)22-19(20)24-9-3-4-10-24/h1,5,7-8,11,15H,3-4,6,9-10,12H2,(H2,20,22)(H,21,26)(H,23,25)(H,27,28)/t15-/m0/s1. The van der Waals surface area contributed by atoms with Crippen LogP contribution in [-0.2, 0) is 9.59 Å². The highest BCUT2D eigenvalue weighted by atomic mass is 16.4. The van der Waals surface area contributed by atoms with Crippen molar-refractivity contribution in [3.63, 3.8) is 0 Å². The number of nitrogens with zero attached hydrogens (tertiary/aromatic N) is 1. The van der Waals surface area contributed by atoms with Crippen LogP contribution in [0, 0.1) is 17.8 Å². The van der Waals surface area contributed by atoms with E-state index in [0.29, 0.717) is 11.3 Å². The molecule has 1 aliphatic heterocycles. The summed E-state index contributed by atoms with van der Waals surface area (Å²) >= 11 is 0. The van der Waals surface area contributed by atoms with Gasteiger partial charge in [-0.15, -0.1) is 12.3 Å². The lowest BCUT2D eigenvalue weighted by Crippen LogP contribution is -2.45. The Kier molecular flexibility index (Phi) is 7.39. The highest BCUT2D eigenvalue weighted by Crippen LogP contribution is 2.13. The first-order valence-electron chi connectivity index (χ1n) is 8.85. The van der Waals surface area contributed by atoms with Crippen molar-refractivity contribution >= 4 is 29.4 Å². The second-order valence-corrected chi connectivity index (χ2v) is 6.30. The van der Waals surface area contributed by atoms with Crippen molar-refractivity contribution in [2.75, 3.05) is 25.0 Å². The van der Waals surface area contributed by atoms with Crippen LogP contribution >= 0.6 is 0 Å². The van der Waals surface area contributed by atoms with Crippen molar-refractivity contribution in [3.05, 3.63) is 29.8 Å². The van der Waals surface area contributed by atoms with Crippen LogP contribution in [0.4, 0.5) is 5.69 Å². The summed E-state index contributed by atoms with van der Waals surface area (Å²) < 4.78 is 0. The topological polar surface area (TPSA) is 135 Å². The van der Waals surface area contributed by atoms with Crippen LogP contribution in [0.1, 0.15) is 29.6 Å². The summed E-state index contributed by atoms with van der Waals surface area (Å²) in [6.45, 7) is 1.28. The van der Waals surface area contributed by atoms with Crippen LogP contribution in [0.25, 0.3) is 0 Å². The quantitative estimate of drug-likeness (QED) is 0.263. The molecule has 1 heterocycles. The number of hydrogen-bond acceptors (Lipinski definition) is 4. The SMILES string of the molecule is C#CC[C@H](NC(=O)CNC(=O)c1cccc(NC(=N)N2CCCC2)c1)C(=O)O. The van der Waals surface area contributed by atoms with E-state index >= 15 is 0 Å². The molecule has 0 aromatic heterocycles. The number of terminal acetylenes is 1. The average Bonchev–Trinajstić information content (AvgIpc) is 3.21. The molecule has 1 aromatic carbocycles. The van der Waals surface area contributed by atoms with Gasteiger partial charge in [0, 0.05) is 30.8 Å². The Bertz CT molecular complexity index is 796. The second-order valence-electron chi connectivity index (χ2n) is 6.30. The summed E-state index contributed by atoms with van der Waals surface area (Å²) in [5.74, 6) is 0.0755. The van der Waals surface area contributed by atoms with Crippen LogP contribution in [-0.4, -0.2) is 59.4 Å². The molecule has 0 aliphatic carbocycles. The number of carbonyl (C=O) groups is 3.